The molecule has 29 heavy (non-hydrogen) atoms. The standard InChI is InChI=1S/C22H28F2N4.HI/c1-16(18-6-5-7-20(14-18)28-12-3-4-13-28)27-22(25-2)26-11-10-17-8-9-19(23)15-21(17)24;/h5-9,14-16H,3-4,10-13H2,1-2H3,(H2,25,26,27);1H. The first kappa shape index (κ1) is 23.4. The third-order valence-corrected chi connectivity index (χ3v) is 5.12. The molecule has 2 aromatic carbocycles. The molecule has 0 bridgehead atoms. The molecule has 1 aliphatic rings. The molecule has 7 heteroatoms. The van der Waals surface area contributed by atoms with Gasteiger partial charge in [-0.15, -0.1) is 24.0 Å². The molecule has 2 aromatic rings. The lowest BCUT2D eigenvalue weighted by Crippen LogP contribution is -2.39. The number of guanidine groups is 1. The number of benzene rings is 2. The fourth-order valence-electron chi connectivity index (χ4n) is 3.49. The van der Waals surface area contributed by atoms with Gasteiger partial charge in [0.1, 0.15) is 11.6 Å². The maximum Gasteiger partial charge on any atom is 0.191 e. The van der Waals surface area contributed by atoms with Crippen LogP contribution in [-0.2, 0) is 6.42 Å². The van der Waals surface area contributed by atoms with Crippen LogP contribution in [0.5, 0.6) is 0 Å². The fraction of sp³-hybridized carbons (Fsp3) is 0.409. The van der Waals surface area contributed by atoms with Gasteiger partial charge in [-0.2, -0.15) is 0 Å². The van der Waals surface area contributed by atoms with Gasteiger partial charge >= 0.3 is 0 Å². The van der Waals surface area contributed by atoms with Crippen molar-refractivity contribution in [3.8, 4) is 0 Å². The van der Waals surface area contributed by atoms with Crippen molar-refractivity contribution in [2.45, 2.75) is 32.2 Å². The van der Waals surface area contributed by atoms with Crippen molar-refractivity contribution in [3.63, 3.8) is 0 Å². The Hall–Kier alpha value is -1.90. The van der Waals surface area contributed by atoms with Gasteiger partial charge in [-0.05, 0) is 55.5 Å². The lowest BCUT2D eigenvalue weighted by molar-refractivity contribution is 0.570. The van der Waals surface area contributed by atoms with Crippen molar-refractivity contribution in [1.29, 1.82) is 0 Å². The summed E-state index contributed by atoms with van der Waals surface area (Å²) in [7, 11) is 1.71. The van der Waals surface area contributed by atoms with Crippen LogP contribution >= 0.6 is 24.0 Å². The molecule has 4 nitrogen and oxygen atoms in total. The topological polar surface area (TPSA) is 39.7 Å². The average Bonchev–Trinajstić information content (AvgIpc) is 3.23. The van der Waals surface area contributed by atoms with E-state index in [9.17, 15) is 8.78 Å². The summed E-state index contributed by atoms with van der Waals surface area (Å²) < 4.78 is 26.7. The summed E-state index contributed by atoms with van der Waals surface area (Å²) in [5, 5.41) is 6.58. The van der Waals surface area contributed by atoms with E-state index in [0.717, 1.165) is 19.2 Å². The van der Waals surface area contributed by atoms with Crippen LogP contribution < -0.4 is 15.5 Å². The summed E-state index contributed by atoms with van der Waals surface area (Å²) in [5.74, 6) is -0.421. The first-order valence-electron chi connectivity index (χ1n) is 9.83. The van der Waals surface area contributed by atoms with Crippen LogP contribution in [0.25, 0.3) is 0 Å². The second kappa shape index (κ2) is 11.3. The Labute approximate surface area is 188 Å². The Balaban J connectivity index is 0.00000300. The fourth-order valence-corrected chi connectivity index (χ4v) is 3.49. The monoisotopic (exact) mass is 514 g/mol. The molecule has 158 valence electrons. The normalized spacial score (nSPS) is 15.0. The lowest BCUT2D eigenvalue weighted by atomic mass is 10.1. The van der Waals surface area contributed by atoms with Crippen molar-refractivity contribution < 1.29 is 8.78 Å². The number of halogens is 3. The summed E-state index contributed by atoms with van der Waals surface area (Å²) in [6, 6.07) is 12.3. The zero-order valence-corrected chi connectivity index (χ0v) is 19.3. The van der Waals surface area contributed by atoms with Gasteiger partial charge in [0.25, 0.3) is 0 Å². The van der Waals surface area contributed by atoms with Gasteiger partial charge in [0.05, 0.1) is 6.04 Å². The Morgan fingerprint density at radius 3 is 2.59 bits per heavy atom. The van der Waals surface area contributed by atoms with Crippen molar-refractivity contribution in [1.82, 2.24) is 10.6 Å². The summed E-state index contributed by atoms with van der Waals surface area (Å²) in [5.41, 5.74) is 2.94. The maximum atomic E-state index is 13.7. The molecule has 0 aromatic heterocycles. The highest BCUT2D eigenvalue weighted by Crippen LogP contribution is 2.23. The number of aliphatic imine (C=N–C) groups is 1. The predicted octanol–water partition coefficient (Wildman–Crippen LogP) is 4.65. The highest BCUT2D eigenvalue weighted by Gasteiger charge is 2.14. The van der Waals surface area contributed by atoms with Crippen molar-refractivity contribution in [3.05, 3.63) is 65.2 Å². The van der Waals surface area contributed by atoms with Crippen LogP contribution in [0.2, 0.25) is 0 Å². The number of rotatable bonds is 6. The summed E-state index contributed by atoms with van der Waals surface area (Å²) >= 11 is 0. The highest BCUT2D eigenvalue weighted by molar-refractivity contribution is 14.0. The van der Waals surface area contributed by atoms with E-state index in [4.69, 9.17) is 0 Å². The van der Waals surface area contributed by atoms with Gasteiger partial charge in [-0.25, -0.2) is 8.78 Å². The Kier molecular flexibility index (Phi) is 9.13. The maximum absolute atomic E-state index is 13.7. The van der Waals surface area contributed by atoms with Crippen LogP contribution in [0.15, 0.2) is 47.5 Å². The van der Waals surface area contributed by atoms with Gasteiger partial charge in [0.15, 0.2) is 5.96 Å². The smallest absolute Gasteiger partial charge is 0.191 e. The van der Waals surface area contributed by atoms with Gasteiger partial charge in [0, 0.05) is 38.4 Å². The minimum absolute atomic E-state index is 0. The first-order valence-corrected chi connectivity index (χ1v) is 9.83. The van der Waals surface area contributed by atoms with E-state index in [1.54, 1.807) is 7.05 Å². The van der Waals surface area contributed by atoms with E-state index >= 15 is 0 Å². The molecule has 0 aliphatic carbocycles. The van der Waals surface area contributed by atoms with Crippen molar-refractivity contribution >= 4 is 35.6 Å². The molecule has 0 amide bonds. The Morgan fingerprint density at radius 1 is 1.14 bits per heavy atom. The number of hydrogen-bond donors (Lipinski definition) is 2. The molecule has 1 fully saturated rings. The molecule has 1 aliphatic heterocycles. The lowest BCUT2D eigenvalue weighted by Gasteiger charge is -2.22. The minimum Gasteiger partial charge on any atom is -0.372 e. The zero-order valence-electron chi connectivity index (χ0n) is 16.9. The second-order valence-corrected chi connectivity index (χ2v) is 7.14. The SMILES string of the molecule is CN=C(NCCc1ccc(F)cc1F)NC(C)c1cccc(N2CCCC2)c1.I. The molecule has 2 N–H and O–H groups in total. The number of nitrogens with one attached hydrogen (secondary N) is 2. The molecule has 0 spiro atoms. The summed E-state index contributed by atoms with van der Waals surface area (Å²) in [6.07, 6.45) is 2.96. The average molecular weight is 514 g/mol. The van der Waals surface area contributed by atoms with Crippen molar-refractivity contribution in [2.75, 3.05) is 31.6 Å². The van der Waals surface area contributed by atoms with Crippen molar-refractivity contribution in [2.24, 2.45) is 4.99 Å². The largest absolute Gasteiger partial charge is 0.372 e. The van der Waals surface area contributed by atoms with Crippen LogP contribution in [0.3, 0.4) is 0 Å². The zero-order chi connectivity index (χ0) is 19.9. The van der Waals surface area contributed by atoms with E-state index in [-0.39, 0.29) is 30.0 Å². The first-order chi connectivity index (χ1) is 13.6. The number of anilines is 1. The third-order valence-electron chi connectivity index (χ3n) is 5.12. The molecule has 1 atom stereocenters. The third kappa shape index (κ3) is 6.55. The molecule has 1 unspecified atom stereocenters. The molecule has 0 radical (unpaired) electrons. The molecular weight excluding hydrogens is 485 g/mol. The van der Waals surface area contributed by atoms with Gasteiger partial charge in [-0.1, -0.05) is 18.2 Å². The number of nitrogens with zero attached hydrogens (tertiary/aromatic N) is 2. The van der Waals surface area contributed by atoms with E-state index in [2.05, 4.69) is 51.7 Å². The molecule has 3 rings (SSSR count). The molecule has 0 saturated carbocycles. The second-order valence-electron chi connectivity index (χ2n) is 7.14. The number of hydrogen-bond acceptors (Lipinski definition) is 2. The summed E-state index contributed by atoms with van der Waals surface area (Å²) in [4.78, 5) is 6.67. The van der Waals surface area contributed by atoms with Crippen LogP contribution in [0.1, 0.15) is 36.9 Å². The van der Waals surface area contributed by atoms with E-state index in [0.29, 0.717) is 24.5 Å². The van der Waals surface area contributed by atoms with Crippen LogP contribution in [-0.4, -0.2) is 32.6 Å². The van der Waals surface area contributed by atoms with Crippen LogP contribution in [0, 0.1) is 11.6 Å². The quantitative estimate of drug-likeness (QED) is 0.335. The van der Waals surface area contributed by atoms with E-state index in [1.807, 2.05) is 0 Å². The van der Waals surface area contributed by atoms with E-state index in [1.165, 1.54) is 36.2 Å². The minimum atomic E-state index is -0.559. The molecule has 1 saturated heterocycles. The molecule has 1 heterocycles. The van der Waals surface area contributed by atoms with Gasteiger partial charge < -0.3 is 15.5 Å². The van der Waals surface area contributed by atoms with Gasteiger partial charge in [0.2, 0.25) is 0 Å². The van der Waals surface area contributed by atoms with Crippen LogP contribution in [0.4, 0.5) is 14.5 Å². The molecular formula is C22H29F2IN4. The van der Waals surface area contributed by atoms with E-state index < -0.39 is 11.6 Å². The Morgan fingerprint density at radius 2 is 1.90 bits per heavy atom. The Bertz CT molecular complexity index is 822. The van der Waals surface area contributed by atoms with Gasteiger partial charge in [-0.3, -0.25) is 4.99 Å². The summed E-state index contributed by atoms with van der Waals surface area (Å²) in [6.45, 7) is 4.83. The highest BCUT2D eigenvalue weighted by atomic mass is 127. The predicted molar refractivity (Wildman–Crippen MR) is 126 cm³/mol.